The lowest BCUT2D eigenvalue weighted by molar-refractivity contribution is 0.102. The Labute approximate surface area is 109 Å². The molecule has 2 rings (SSSR count). The second-order valence-corrected chi connectivity index (χ2v) is 4.23. The highest BCUT2D eigenvalue weighted by Gasteiger charge is 2.10. The van der Waals surface area contributed by atoms with Gasteiger partial charge in [-0.2, -0.15) is 0 Å². The molecular formula is C13H10ClFN2O. The van der Waals surface area contributed by atoms with Gasteiger partial charge in [0.05, 0.1) is 10.6 Å². The predicted octanol–water partition coefficient (Wildman–Crippen LogP) is 3.43. The molecule has 0 aliphatic carbocycles. The number of amides is 1. The molecule has 0 unspecified atom stereocenters. The molecule has 1 amide bonds. The minimum atomic E-state index is -0.397. The molecule has 0 bridgehead atoms. The average molecular weight is 265 g/mol. The molecule has 5 heteroatoms. The van der Waals surface area contributed by atoms with E-state index in [4.69, 9.17) is 11.6 Å². The van der Waals surface area contributed by atoms with Crippen molar-refractivity contribution in [3.63, 3.8) is 0 Å². The number of carbonyl (C=O) groups is 1. The molecule has 18 heavy (non-hydrogen) atoms. The van der Waals surface area contributed by atoms with Crippen LogP contribution in [0.15, 0.2) is 36.7 Å². The van der Waals surface area contributed by atoms with Crippen molar-refractivity contribution in [2.75, 3.05) is 5.32 Å². The number of nitrogens with one attached hydrogen (secondary N) is 1. The first kappa shape index (κ1) is 12.5. The summed E-state index contributed by atoms with van der Waals surface area (Å²) in [4.78, 5) is 15.7. The number of nitrogens with zero attached hydrogens (tertiary/aromatic N) is 1. The maximum absolute atomic E-state index is 13.2. The SMILES string of the molecule is Cc1cc(F)cc(NC(=O)c2ccncc2Cl)c1. The third-order valence-corrected chi connectivity index (χ3v) is 2.62. The molecule has 1 aromatic heterocycles. The van der Waals surface area contributed by atoms with E-state index in [2.05, 4.69) is 10.3 Å². The number of hydrogen-bond acceptors (Lipinski definition) is 2. The van der Waals surface area contributed by atoms with Crippen LogP contribution >= 0.6 is 11.6 Å². The first-order valence-electron chi connectivity index (χ1n) is 5.24. The van der Waals surface area contributed by atoms with Crippen LogP contribution in [-0.4, -0.2) is 10.9 Å². The molecule has 92 valence electrons. The van der Waals surface area contributed by atoms with Gasteiger partial charge >= 0.3 is 0 Å². The Kier molecular flexibility index (Phi) is 3.58. The molecule has 0 saturated carbocycles. The minimum absolute atomic E-state index is 0.253. The van der Waals surface area contributed by atoms with Crippen molar-refractivity contribution in [2.24, 2.45) is 0 Å². The van der Waals surface area contributed by atoms with E-state index in [9.17, 15) is 9.18 Å². The highest BCUT2D eigenvalue weighted by Crippen LogP contribution is 2.17. The fourth-order valence-corrected chi connectivity index (χ4v) is 1.77. The summed E-state index contributed by atoms with van der Waals surface area (Å²) >= 11 is 5.85. The van der Waals surface area contributed by atoms with Gasteiger partial charge in [-0.25, -0.2) is 4.39 Å². The van der Waals surface area contributed by atoms with Crippen LogP contribution in [-0.2, 0) is 0 Å². The van der Waals surface area contributed by atoms with Crippen LogP contribution in [0, 0.1) is 12.7 Å². The maximum Gasteiger partial charge on any atom is 0.257 e. The summed E-state index contributed by atoms with van der Waals surface area (Å²) in [5.41, 5.74) is 1.42. The molecule has 1 heterocycles. The smallest absolute Gasteiger partial charge is 0.257 e. The van der Waals surface area contributed by atoms with Gasteiger partial charge in [0.15, 0.2) is 0 Å². The molecule has 0 aliphatic heterocycles. The van der Waals surface area contributed by atoms with Gasteiger partial charge in [-0.05, 0) is 36.8 Å². The normalized spacial score (nSPS) is 10.2. The Hall–Kier alpha value is -1.94. The van der Waals surface area contributed by atoms with Crippen LogP contribution in [0.5, 0.6) is 0 Å². The van der Waals surface area contributed by atoms with Gasteiger partial charge in [0, 0.05) is 18.1 Å². The molecule has 3 nitrogen and oxygen atoms in total. The summed E-state index contributed by atoms with van der Waals surface area (Å²) in [5.74, 6) is -0.793. The Morgan fingerprint density at radius 1 is 1.39 bits per heavy atom. The van der Waals surface area contributed by atoms with Crippen LogP contribution in [0.2, 0.25) is 5.02 Å². The number of halogens is 2. The fourth-order valence-electron chi connectivity index (χ4n) is 1.57. The molecule has 0 saturated heterocycles. The highest BCUT2D eigenvalue weighted by atomic mass is 35.5. The lowest BCUT2D eigenvalue weighted by Crippen LogP contribution is -2.12. The summed E-state index contributed by atoms with van der Waals surface area (Å²) in [5, 5.41) is 2.84. The van der Waals surface area contributed by atoms with E-state index >= 15 is 0 Å². The molecule has 1 aromatic carbocycles. The monoisotopic (exact) mass is 264 g/mol. The standard InChI is InChI=1S/C13H10ClFN2O/c1-8-4-9(15)6-10(5-8)17-13(18)11-2-3-16-7-12(11)14/h2-7H,1H3,(H,17,18). The zero-order chi connectivity index (χ0) is 13.1. The zero-order valence-electron chi connectivity index (χ0n) is 9.58. The first-order chi connectivity index (χ1) is 8.56. The lowest BCUT2D eigenvalue weighted by Gasteiger charge is -2.07. The molecule has 0 radical (unpaired) electrons. The highest BCUT2D eigenvalue weighted by molar-refractivity contribution is 6.34. The van der Waals surface area contributed by atoms with Crippen molar-refractivity contribution in [3.05, 3.63) is 58.6 Å². The average Bonchev–Trinajstić information content (AvgIpc) is 2.27. The predicted molar refractivity (Wildman–Crippen MR) is 68.3 cm³/mol. The number of pyridine rings is 1. The van der Waals surface area contributed by atoms with Gasteiger partial charge in [0.2, 0.25) is 0 Å². The summed E-state index contributed by atoms with van der Waals surface area (Å²) in [6, 6.07) is 5.81. The van der Waals surface area contributed by atoms with E-state index in [1.807, 2.05) is 0 Å². The molecule has 2 aromatic rings. The molecule has 0 fully saturated rings. The fraction of sp³-hybridized carbons (Fsp3) is 0.0769. The van der Waals surface area contributed by atoms with Crippen LogP contribution in [0.1, 0.15) is 15.9 Å². The van der Waals surface area contributed by atoms with Crippen molar-refractivity contribution in [1.29, 1.82) is 0 Å². The van der Waals surface area contributed by atoms with Crippen molar-refractivity contribution in [1.82, 2.24) is 4.98 Å². The molecule has 1 N–H and O–H groups in total. The summed E-state index contributed by atoms with van der Waals surface area (Å²) in [7, 11) is 0. The second kappa shape index (κ2) is 5.14. The van der Waals surface area contributed by atoms with Crippen molar-refractivity contribution < 1.29 is 9.18 Å². The van der Waals surface area contributed by atoms with E-state index in [1.165, 1.54) is 30.6 Å². The van der Waals surface area contributed by atoms with E-state index < -0.39 is 11.7 Å². The van der Waals surface area contributed by atoms with Crippen LogP contribution < -0.4 is 5.32 Å². The van der Waals surface area contributed by atoms with Gasteiger partial charge in [-0.1, -0.05) is 11.6 Å². The first-order valence-corrected chi connectivity index (χ1v) is 5.62. The number of hydrogen-bond donors (Lipinski definition) is 1. The summed E-state index contributed by atoms with van der Waals surface area (Å²) < 4.78 is 13.2. The van der Waals surface area contributed by atoms with Crippen LogP contribution in [0.25, 0.3) is 0 Å². The van der Waals surface area contributed by atoms with Gasteiger partial charge < -0.3 is 5.32 Å². The quantitative estimate of drug-likeness (QED) is 0.903. The number of aryl methyl sites for hydroxylation is 1. The van der Waals surface area contributed by atoms with Crippen LogP contribution in [0.3, 0.4) is 0 Å². The van der Waals surface area contributed by atoms with Gasteiger partial charge in [0.25, 0.3) is 5.91 Å². The number of rotatable bonds is 2. The number of carbonyl (C=O) groups excluding carboxylic acids is 1. The number of benzene rings is 1. The van der Waals surface area contributed by atoms with Crippen molar-refractivity contribution >= 4 is 23.2 Å². The molecular weight excluding hydrogens is 255 g/mol. The zero-order valence-corrected chi connectivity index (χ0v) is 10.3. The third kappa shape index (κ3) is 2.84. The summed E-state index contributed by atoms with van der Waals surface area (Å²) in [6.07, 6.45) is 2.85. The topological polar surface area (TPSA) is 42.0 Å². The van der Waals surface area contributed by atoms with E-state index in [-0.39, 0.29) is 5.02 Å². The van der Waals surface area contributed by atoms with E-state index in [0.717, 1.165) is 5.56 Å². The maximum atomic E-state index is 13.2. The number of anilines is 1. The summed E-state index contributed by atoms with van der Waals surface area (Å²) in [6.45, 7) is 1.75. The largest absolute Gasteiger partial charge is 0.322 e. The molecule has 0 atom stereocenters. The third-order valence-electron chi connectivity index (χ3n) is 2.32. The second-order valence-electron chi connectivity index (χ2n) is 3.83. The minimum Gasteiger partial charge on any atom is -0.322 e. The Balaban J connectivity index is 2.24. The Morgan fingerprint density at radius 2 is 2.17 bits per heavy atom. The molecule has 0 aliphatic rings. The van der Waals surface area contributed by atoms with Crippen molar-refractivity contribution in [2.45, 2.75) is 6.92 Å². The Bertz CT molecular complexity index is 581. The van der Waals surface area contributed by atoms with Gasteiger partial charge in [-0.15, -0.1) is 0 Å². The number of aromatic nitrogens is 1. The van der Waals surface area contributed by atoms with Gasteiger partial charge in [0.1, 0.15) is 5.82 Å². The Morgan fingerprint density at radius 3 is 2.83 bits per heavy atom. The molecule has 0 spiro atoms. The lowest BCUT2D eigenvalue weighted by atomic mass is 10.2. The van der Waals surface area contributed by atoms with E-state index in [0.29, 0.717) is 11.3 Å². The van der Waals surface area contributed by atoms with Gasteiger partial charge in [-0.3, -0.25) is 9.78 Å². The van der Waals surface area contributed by atoms with Crippen LogP contribution in [0.4, 0.5) is 10.1 Å². The van der Waals surface area contributed by atoms with Crippen molar-refractivity contribution in [3.8, 4) is 0 Å². The van der Waals surface area contributed by atoms with E-state index in [1.54, 1.807) is 13.0 Å².